The van der Waals surface area contributed by atoms with Crippen molar-refractivity contribution in [3.63, 3.8) is 0 Å². The van der Waals surface area contributed by atoms with Crippen LogP contribution in [0.25, 0.3) is 0 Å². The summed E-state index contributed by atoms with van der Waals surface area (Å²) in [6.45, 7) is 2.22. The second kappa shape index (κ2) is 17.4. The van der Waals surface area contributed by atoms with Crippen molar-refractivity contribution in [2.45, 2.75) is 71.1 Å². The average Bonchev–Trinajstić information content (AvgIpc) is 2.85. The van der Waals surface area contributed by atoms with Crippen molar-refractivity contribution >= 4 is 36.5 Å². The van der Waals surface area contributed by atoms with Gasteiger partial charge in [-0.1, -0.05) is 58.3 Å². The molecule has 0 spiro atoms. The van der Waals surface area contributed by atoms with Gasteiger partial charge in [0.1, 0.15) is 0 Å². The van der Waals surface area contributed by atoms with Crippen molar-refractivity contribution in [2.24, 2.45) is 0 Å². The molecule has 2 nitrogen and oxygen atoms in total. The monoisotopic (exact) mass is 550 g/mol. The predicted molar refractivity (Wildman–Crippen MR) is 141 cm³/mol. The van der Waals surface area contributed by atoms with Crippen LogP contribution in [0.4, 0.5) is 0 Å². The molecule has 174 valence electrons. The summed E-state index contributed by atoms with van der Waals surface area (Å²) in [6.07, 6.45) is 11.2. The van der Waals surface area contributed by atoms with Crippen LogP contribution in [0.3, 0.4) is 0 Å². The summed E-state index contributed by atoms with van der Waals surface area (Å²) in [7, 11) is 0. The summed E-state index contributed by atoms with van der Waals surface area (Å²) in [5.41, 5.74) is 0. The first-order valence-corrected chi connectivity index (χ1v) is 16.7. The molecule has 0 N–H and O–H groups in total. The van der Waals surface area contributed by atoms with Crippen LogP contribution in [0.1, 0.15) is 71.1 Å². The van der Waals surface area contributed by atoms with Gasteiger partial charge in [-0.15, -0.1) is 0 Å². The Morgan fingerprint density at radius 2 is 0.909 bits per heavy atom. The topological polar surface area (TPSA) is 40.1 Å². The fraction of sp³-hybridized carbons (Fsp3) is 0.367. The van der Waals surface area contributed by atoms with Crippen LogP contribution in [0.15, 0.2) is 91.0 Å². The zero-order chi connectivity index (χ0) is 23.6. The molecular weight excluding hydrogens is 511 g/mol. The molecule has 0 aliphatic heterocycles. The fourth-order valence-corrected chi connectivity index (χ4v) is 11.3. The van der Waals surface area contributed by atoms with E-state index in [9.17, 15) is 9.90 Å². The molecule has 0 fully saturated rings. The Hall–Kier alpha value is -2.07. The van der Waals surface area contributed by atoms with Gasteiger partial charge in [0.25, 0.3) is 0 Å². The molecule has 0 radical (unpaired) electrons. The number of hydrogen-bond donors (Lipinski definition) is 0. The number of aliphatic carboxylic acids is 1. The van der Waals surface area contributed by atoms with E-state index in [1.54, 1.807) is 0 Å². The Bertz CT molecular complexity index is 772. The van der Waals surface area contributed by atoms with Gasteiger partial charge in [-0.25, -0.2) is 0 Å². The van der Waals surface area contributed by atoms with E-state index in [2.05, 4.69) is 97.9 Å². The number of carboxylic acids is 1. The Morgan fingerprint density at radius 3 is 1.24 bits per heavy atom. The minimum absolute atomic E-state index is 0.232. The van der Waals surface area contributed by atoms with Gasteiger partial charge < -0.3 is 9.90 Å². The zero-order valence-electron chi connectivity index (χ0n) is 20.0. The van der Waals surface area contributed by atoms with E-state index < -0.39 is 25.7 Å². The van der Waals surface area contributed by atoms with Crippen LogP contribution >= 0.6 is 0 Å². The van der Waals surface area contributed by atoms with Crippen molar-refractivity contribution in [1.82, 2.24) is 0 Å². The van der Waals surface area contributed by atoms with E-state index in [1.807, 2.05) is 0 Å². The van der Waals surface area contributed by atoms with Crippen LogP contribution in [0.5, 0.6) is 0 Å². The zero-order valence-corrected chi connectivity index (χ0v) is 22.9. The molecule has 0 aliphatic rings. The third-order valence-corrected chi connectivity index (χ3v) is 13.5. The van der Waals surface area contributed by atoms with Gasteiger partial charge in [0.05, 0.1) is 0 Å². The van der Waals surface area contributed by atoms with Gasteiger partial charge in [-0.3, -0.25) is 0 Å². The number of unbranched alkanes of at least 4 members (excludes halogenated alkanes) is 8. The Labute approximate surface area is 207 Å². The second-order valence-corrected chi connectivity index (χ2v) is 15.5. The number of benzene rings is 3. The number of rotatable bonds is 13. The number of hydrogen-bond acceptors (Lipinski definition) is 2. The third kappa shape index (κ3) is 11.6. The van der Waals surface area contributed by atoms with Crippen molar-refractivity contribution in [3.8, 4) is 0 Å². The van der Waals surface area contributed by atoms with Gasteiger partial charge in [-0.2, -0.15) is 0 Å². The average molecular weight is 549 g/mol. The van der Waals surface area contributed by atoms with Gasteiger partial charge in [0, 0.05) is 5.97 Å². The second-order valence-electron chi connectivity index (χ2n) is 8.42. The van der Waals surface area contributed by atoms with Crippen LogP contribution < -0.4 is 15.8 Å². The standard InChI is InChI=1S/C12H24O2.3C6H5.Sn/c1-2-3-4-5-6-7-8-9-10-11-12(13)14;3*1-2-4-6-5-3-1;/h2-11H2,1H3,(H,13,14);3*1-5H;/q;;;;+1/p-1. The summed E-state index contributed by atoms with van der Waals surface area (Å²) in [5, 5.41) is 10.1. The Morgan fingerprint density at radius 1 is 0.576 bits per heavy atom. The summed E-state index contributed by atoms with van der Waals surface area (Å²) in [6, 6.07) is 32.9. The molecule has 0 amide bonds. The van der Waals surface area contributed by atoms with E-state index in [4.69, 9.17) is 0 Å². The van der Waals surface area contributed by atoms with E-state index in [1.165, 1.54) is 55.7 Å². The van der Waals surface area contributed by atoms with E-state index in [0.29, 0.717) is 0 Å². The van der Waals surface area contributed by atoms with Gasteiger partial charge >= 0.3 is 121 Å². The summed E-state index contributed by atoms with van der Waals surface area (Å²) in [4.78, 5) is 10.1. The van der Waals surface area contributed by atoms with E-state index in [0.717, 1.165) is 12.8 Å². The minimum atomic E-state index is -1.98. The molecule has 0 saturated carbocycles. The van der Waals surface area contributed by atoms with Crippen molar-refractivity contribution < 1.29 is 9.90 Å². The molecule has 3 aromatic rings. The first kappa shape index (κ1) is 27.2. The molecule has 0 bridgehead atoms. The quantitative estimate of drug-likeness (QED) is 0.226. The summed E-state index contributed by atoms with van der Waals surface area (Å²) in [5.74, 6) is -0.909. The van der Waals surface area contributed by atoms with Crippen molar-refractivity contribution in [3.05, 3.63) is 91.0 Å². The maximum atomic E-state index is 10.1. The van der Waals surface area contributed by atoms with Crippen LogP contribution in [0.2, 0.25) is 0 Å². The van der Waals surface area contributed by atoms with Crippen LogP contribution in [-0.2, 0) is 4.79 Å². The molecule has 0 unspecified atom stereocenters. The van der Waals surface area contributed by atoms with Gasteiger partial charge in [0.2, 0.25) is 0 Å². The van der Waals surface area contributed by atoms with E-state index in [-0.39, 0.29) is 6.42 Å². The van der Waals surface area contributed by atoms with Crippen molar-refractivity contribution in [2.75, 3.05) is 0 Å². The maximum absolute atomic E-state index is 10.1. The number of carbonyl (C=O) groups is 1. The van der Waals surface area contributed by atoms with Gasteiger partial charge in [0.15, 0.2) is 0 Å². The Balaban J connectivity index is 0.000000248. The molecule has 0 saturated heterocycles. The SMILES string of the molecule is CCCCCCCCCCCC(=O)[O-].c1cc[c]([Sn+]([c]2ccccc2)[c]2ccccc2)cc1. The predicted octanol–water partition coefficient (Wildman–Crippen LogP) is 4.86. The molecule has 0 aliphatic carbocycles. The molecule has 0 atom stereocenters. The Kier molecular flexibility index (Phi) is 14.3. The molecule has 3 heteroatoms. The first-order valence-electron chi connectivity index (χ1n) is 12.5. The van der Waals surface area contributed by atoms with Crippen LogP contribution in [-0.4, -0.2) is 25.7 Å². The fourth-order valence-electron chi connectivity index (χ4n) is 3.89. The van der Waals surface area contributed by atoms with E-state index >= 15 is 0 Å². The number of carboxylic acid groups (broad SMARTS) is 1. The molecule has 3 rings (SSSR count). The summed E-state index contributed by atoms with van der Waals surface area (Å²) >= 11 is -1.98. The number of carbonyl (C=O) groups excluding carboxylic acids is 1. The molecule has 0 aromatic heterocycles. The van der Waals surface area contributed by atoms with Gasteiger partial charge in [-0.05, 0) is 12.8 Å². The van der Waals surface area contributed by atoms with Crippen molar-refractivity contribution in [1.29, 1.82) is 0 Å². The molecular formula is C30H38O2Sn. The summed E-state index contributed by atoms with van der Waals surface area (Å²) < 4.78 is 4.59. The first-order chi connectivity index (χ1) is 16.2. The van der Waals surface area contributed by atoms with Crippen LogP contribution in [0, 0.1) is 0 Å². The molecule has 0 heterocycles. The molecule has 33 heavy (non-hydrogen) atoms. The molecule has 3 aromatic carbocycles. The normalized spacial score (nSPS) is 10.2. The third-order valence-electron chi connectivity index (χ3n) is 5.67.